The topological polar surface area (TPSA) is 61.8 Å². The summed E-state index contributed by atoms with van der Waals surface area (Å²) in [4.78, 5) is 25.4. The highest BCUT2D eigenvalue weighted by molar-refractivity contribution is 5.70. The maximum absolute atomic E-state index is 12.8. The van der Waals surface area contributed by atoms with Gasteiger partial charge >= 0.3 is 11.9 Å². The highest BCUT2D eigenvalue weighted by atomic mass is 16.6. The second-order valence-corrected chi connectivity index (χ2v) is 17.7. The first-order valence-electron chi connectivity index (χ1n) is 27.7. The molecule has 0 aromatic rings. The van der Waals surface area contributed by atoms with Gasteiger partial charge in [0.1, 0.15) is 6.61 Å². The number of hydrogen-bond donors (Lipinski definition) is 0. The average Bonchev–Trinajstić information content (AvgIpc) is 3.34. The molecule has 1 unspecified atom stereocenters. The molecule has 0 heterocycles. The highest BCUT2D eigenvalue weighted by Crippen LogP contribution is 2.14. The van der Waals surface area contributed by atoms with Crippen molar-refractivity contribution >= 4 is 11.9 Å². The Bertz CT molecular complexity index is 1430. The number of ether oxygens (including phenoxy) is 3. The Morgan fingerprint density at radius 2 is 0.676 bits per heavy atom. The molecule has 0 saturated carbocycles. The lowest BCUT2D eigenvalue weighted by molar-refractivity contribution is -0.162. The molecule has 0 saturated heterocycles. The predicted octanol–water partition coefficient (Wildman–Crippen LogP) is 19.1. The van der Waals surface area contributed by atoms with Crippen LogP contribution in [0, 0.1) is 0 Å². The van der Waals surface area contributed by atoms with Crippen molar-refractivity contribution in [2.75, 3.05) is 19.8 Å². The van der Waals surface area contributed by atoms with E-state index in [2.05, 4.69) is 148 Å². The zero-order chi connectivity index (χ0) is 49.2. The van der Waals surface area contributed by atoms with E-state index >= 15 is 0 Å². The lowest BCUT2D eigenvalue weighted by Gasteiger charge is -2.18. The molecule has 68 heavy (non-hydrogen) atoms. The Balaban J connectivity index is 4.50. The summed E-state index contributed by atoms with van der Waals surface area (Å²) >= 11 is 0. The highest BCUT2D eigenvalue weighted by Gasteiger charge is 2.17. The minimum Gasteiger partial charge on any atom is -0.462 e. The molecule has 0 N–H and O–H groups in total. The zero-order valence-corrected chi connectivity index (χ0v) is 44.1. The van der Waals surface area contributed by atoms with E-state index in [1.54, 1.807) is 0 Å². The van der Waals surface area contributed by atoms with E-state index in [4.69, 9.17) is 14.2 Å². The molecule has 0 aliphatic carbocycles. The van der Waals surface area contributed by atoms with Gasteiger partial charge in [0.05, 0.1) is 6.61 Å². The Morgan fingerprint density at radius 1 is 0.338 bits per heavy atom. The van der Waals surface area contributed by atoms with Crippen LogP contribution in [0.15, 0.2) is 134 Å². The Kier molecular flexibility index (Phi) is 54.0. The van der Waals surface area contributed by atoms with Crippen LogP contribution in [0.3, 0.4) is 0 Å². The van der Waals surface area contributed by atoms with Crippen molar-refractivity contribution in [3.05, 3.63) is 134 Å². The molecule has 1 atom stereocenters. The van der Waals surface area contributed by atoms with Crippen LogP contribution in [-0.2, 0) is 23.8 Å². The van der Waals surface area contributed by atoms with Gasteiger partial charge in [0.2, 0.25) is 0 Å². The Hall–Kier alpha value is -3.96. The van der Waals surface area contributed by atoms with E-state index in [1.807, 2.05) is 6.08 Å². The van der Waals surface area contributed by atoms with Gasteiger partial charge in [0.15, 0.2) is 6.10 Å². The third-order valence-electron chi connectivity index (χ3n) is 11.2. The third kappa shape index (κ3) is 54.6. The molecule has 0 spiro atoms. The standard InChI is InChI=1S/C63H102O5/c1-4-7-10-13-16-19-22-25-28-31-32-34-35-38-41-44-47-50-53-56-62(64)67-60-61(59-66-58-55-52-49-46-43-40-37-30-27-24-21-18-15-12-9-6-3)68-63(65)57-54-51-48-45-42-39-36-33-29-26-23-20-17-14-11-8-5-2/h7-8,10-11,16-17,19-20,25-26,28-29,32,34,36,38-39,41,45,47-48,50,61H,4-6,9,12-15,18,21-24,27,30-31,33,35,37,40,42-44,46,49,51-60H2,1-3H3/b10-7-,11-8-,19-16-,20-17-,28-25-,29-26-,34-32-,39-36-,41-38-,48-45-,50-47-. The Labute approximate surface area is 419 Å². The number of rotatable bonds is 49. The molecule has 0 aromatic carbocycles. The molecule has 5 nitrogen and oxygen atoms in total. The van der Waals surface area contributed by atoms with Crippen LogP contribution in [0.25, 0.3) is 0 Å². The van der Waals surface area contributed by atoms with Crippen LogP contribution < -0.4 is 0 Å². The molecule has 0 fully saturated rings. The van der Waals surface area contributed by atoms with Crippen LogP contribution in [0.1, 0.15) is 226 Å². The molecule has 0 aliphatic rings. The fraction of sp³-hybridized carbons (Fsp3) is 0.619. The summed E-state index contributed by atoms with van der Waals surface area (Å²) in [5, 5.41) is 0. The minimum atomic E-state index is -0.605. The minimum absolute atomic E-state index is 0.0159. The summed E-state index contributed by atoms with van der Waals surface area (Å²) in [6.45, 7) is 7.46. The van der Waals surface area contributed by atoms with Gasteiger partial charge in [0.25, 0.3) is 0 Å². The van der Waals surface area contributed by atoms with Crippen molar-refractivity contribution in [3.8, 4) is 0 Å². The predicted molar refractivity (Wildman–Crippen MR) is 297 cm³/mol. The molecule has 5 heteroatoms. The molecule has 0 rings (SSSR count). The first-order valence-corrected chi connectivity index (χ1v) is 27.7. The maximum atomic E-state index is 12.8. The zero-order valence-electron chi connectivity index (χ0n) is 44.1. The van der Waals surface area contributed by atoms with Gasteiger partial charge in [0, 0.05) is 19.4 Å². The summed E-state index contributed by atoms with van der Waals surface area (Å²) in [5.41, 5.74) is 0. The van der Waals surface area contributed by atoms with Gasteiger partial charge in [-0.3, -0.25) is 9.59 Å². The third-order valence-corrected chi connectivity index (χ3v) is 11.2. The molecule has 384 valence electrons. The first kappa shape index (κ1) is 64.0. The summed E-state index contributed by atoms with van der Waals surface area (Å²) in [5.74, 6) is -0.566. The molecular weight excluding hydrogens is 837 g/mol. The van der Waals surface area contributed by atoms with Gasteiger partial charge < -0.3 is 14.2 Å². The lowest BCUT2D eigenvalue weighted by Crippen LogP contribution is -2.30. The fourth-order valence-corrected chi connectivity index (χ4v) is 7.16. The van der Waals surface area contributed by atoms with E-state index in [0.717, 1.165) is 89.9 Å². The average molecular weight is 940 g/mol. The Morgan fingerprint density at radius 3 is 1.06 bits per heavy atom. The normalized spacial score (nSPS) is 13.3. The molecular formula is C63H102O5. The van der Waals surface area contributed by atoms with Crippen LogP contribution >= 0.6 is 0 Å². The van der Waals surface area contributed by atoms with Gasteiger partial charge in [-0.25, -0.2) is 0 Å². The van der Waals surface area contributed by atoms with E-state index in [-0.39, 0.29) is 31.6 Å². The number of esters is 2. The monoisotopic (exact) mass is 939 g/mol. The van der Waals surface area contributed by atoms with Crippen molar-refractivity contribution in [2.45, 2.75) is 232 Å². The van der Waals surface area contributed by atoms with Crippen LogP contribution in [-0.4, -0.2) is 37.9 Å². The quantitative estimate of drug-likeness (QED) is 0.0345. The van der Waals surface area contributed by atoms with Crippen LogP contribution in [0.4, 0.5) is 0 Å². The fourth-order valence-electron chi connectivity index (χ4n) is 7.16. The second kappa shape index (κ2) is 57.4. The summed E-state index contributed by atoms with van der Waals surface area (Å²) in [6.07, 6.45) is 82.0. The second-order valence-electron chi connectivity index (χ2n) is 17.7. The van der Waals surface area contributed by atoms with Gasteiger partial charge in [-0.15, -0.1) is 0 Å². The number of carbonyl (C=O) groups is 2. The largest absolute Gasteiger partial charge is 0.462 e. The summed E-state index contributed by atoms with van der Waals surface area (Å²) < 4.78 is 17.3. The number of carbonyl (C=O) groups excluding carboxylic acids is 2. The van der Waals surface area contributed by atoms with Gasteiger partial charge in [-0.2, -0.15) is 0 Å². The number of hydrogen-bond acceptors (Lipinski definition) is 5. The molecule has 0 aromatic heterocycles. The van der Waals surface area contributed by atoms with Crippen molar-refractivity contribution in [1.29, 1.82) is 0 Å². The maximum Gasteiger partial charge on any atom is 0.306 e. The van der Waals surface area contributed by atoms with E-state index in [9.17, 15) is 9.59 Å². The number of allylic oxidation sites excluding steroid dienone is 22. The van der Waals surface area contributed by atoms with E-state index < -0.39 is 6.10 Å². The molecule has 0 amide bonds. The molecule has 0 bridgehead atoms. The summed E-state index contributed by atoms with van der Waals surface area (Å²) in [6, 6.07) is 0. The number of unbranched alkanes of at least 4 members (excludes halogenated alkanes) is 16. The van der Waals surface area contributed by atoms with Gasteiger partial charge in [-0.05, 0) is 96.3 Å². The molecule has 0 radical (unpaired) electrons. The van der Waals surface area contributed by atoms with E-state index in [1.165, 1.54) is 89.9 Å². The van der Waals surface area contributed by atoms with E-state index in [0.29, 0.717) is 25.9 Å². The van der Waals surface area contributed by atoms with Crippen LogP contribution in [0.5, 0.6) is 0 Å². The first-order chi connectivity index (χ1) is 33.6. The van der Waals surface area contributed by atoms with Gasteiger partial charge in [-0.1, -0.05) is 251 Å². The van der Waals surface area contributed by atoms with Crippen molar-refractivity contribution in [2.24, 2.45) is 0 Å². The van der Waals surface area contributed by atoms with Crippen molar-refractivity contribution in [1.82, 2.24) is 0 Å². The smallest absolute Gasteiger partial charge is 0.306 e. The SMILES string of the molecule is CC/C=C\C/C=C\C/C=C\C/C=C\C/C=C\C/C=C\CCC(=O)OCC(COCCCCCCCCCCCCCCCCCC)OC(=O)CCC/C=C\C/C=C\C/C=C\C/C=C\C/C=C\CC. The summed E-state index contributed by atoms with van der Waals surface area (Å²) in [7, 11) is 0. The lowest BCUT2D eigenvalue weighted by atomic mass is 10.0. The van der Waals surface area contributed by atoms with Crippen LogP contribution in [0.2, 0.25) is 0 Å². The van der Waals surface area contributed by atoms with Crippen molar-refractivity contribution < 1.29 is 23.8 Å². The van der Waals surface area contributed by atoms with Crippen molar-refractivity contribution in [3.63, 3.8) is 0 Å². The molecule has 0 aliphatic heterocycles.